The molecule has 0 aliphatic rings. The second kappa shape index (κ2) is 8.60. The van der Waals surface area contributed by atoms with Crippen LogP contribution in [0.15, 0.2) is 54.6 Å². The second-order valence-corrected chi connectivity index (χ2v) is 4.49. The van der Waals surface area contributed by atoms with Crippen molar-refractivity contribution < 1.29 is 20.1 Å². The molecule has 5 N–H and O–H groups in total. The van der Waals surface area contributed by atoms with Crippen molar-refractivity contribution in [2.45, 2.75) is 18.9 Å². The van der Waals surface area contributed by atoms with Gasteiger partial charge in [-0.3, -0.25) is 4.79 Å². The largest absolute Gasteiger partial charge is 0.508 e. The van der Waals surface area contributed by atoms with Crippen molar-refractivity contribution in [1.82, 2.24) is 0 Å². The van der Waals surface area contributed by atoms with Crippen molar-refractivity contribution in [3.63, 3.8) is 0 Å². The molecule has 0 fully saturated rings. The Labute approximate surface area is 123 Å². The Morgan fingerprint density at radius 2 is 1.48 bits per heavy atom. The third kappa shape index (κ3) is 6.98. The van der Waals surface area contributed by atoms with Crippen LogP contribution in [-0.2, 0) is 11.2 Å². The van der Waals surface area contributed by atoms with Gasteiger partial charge in [-0.05, 0) is 42.7 Å². The normalized spacial score (nSPS) is 11.1. The molecule has 5 nitrogen and oxygen atoms in total. The van der Waals surface area contributed by atoms with E-state index < -0.39 is 12.0 Å². The summed E-state index contributed by atoms with van der Waals surface area (Å²) in [5.41, 5.74) is 6.32. The first kappa shape index (κ1) is 16.5. The van der Waals surface area contributed by atoms with Gasteiger partial charge in [0.15, 0.2) is 0 Å². The fourth-order valence-electron chi connectivity index (χ4n) is 1.54. The number of aryl methyl sites for hydroxylation is 1. The van der Waals surface area contributed by atoms with Gasteiger partial charge in [-0.15, -0.1) is 0 Å². The van der Waals surface area contributed by atoms with Gasteiger partial charge in [-0.2, -0.15) is 0 Å². The molecule has 2 aromatic rings. The fourth-order valence-corrected chi connectivity index (χ4v) is 1.54. The Morgan fingerprint density at radius 1 is 0.952 bits per heavy atom. The lowest BCUT2D eigenvalue weighted by Gasteiger charge is -2.05. The summed E-state index contributed by atoms with van der Waals surface area (Å²) in [6.07, 6.45) is 1.01. The number of carboxylic acids is 1. The summed E-state index contributed by atoms with van der Waals surface area (Å²) in [5, 5.41) is 26.2. The molecule has 0 aromatic heterocycles. The topological polar surface area (TPSA) is 104 Å². The first-order valence-electron chi connectivity index (χ1n) is 6.49. The molecule has 21 heavy (non-hydrogen) atoms. The van der Waals surface area contributed by atoms with Crippen molar-refractivity contribution >= 4 is 5.97 Å². The van der Waals surface area contributed by atoms with Gasteiger partial charge in [0.2, 0.25) is 0 Å². The smallest absolute Gasteiger partial charge is 0.320 e. The van der Waals surface area contributed by atoms with Gasteiger partial charge >= 0.3 is 5.97 Å². The van der Waals surface area contributed by atoms with E-state index in [0.717, 1.165) is 5.56 Å². The Kier molecular flexibility index (Phi) is 6.77. The first-order valence-corrected chi connectivity index (χ1v) is 6.49. The van der Waals surface area contributed by atoms with E-state index in [4.69, 9.17) is 21.1 Å². The minimum absolute atomic E-state index is 0.205. The van der Waals surface area contributed by atoms with Crippen molar-refractivity contribution in [3.05, 3.63) is 60.2 Å². The average molecular weight is 289 g/mol. The number of nitrogens with two attached hydrogens (primary N) is 1. The molecule has 0 unspecified atom stereocenters. The van der Waals surface area contributed by atoms with Crippen LogP contribution < -0.4 is 5.73 Å². The third-order valence-corrected chi connectivity index (χ3v) is 2.75. The van der Waals surface area contributed by atoms with E-state index in [1.54, 1.807) is 48.5 Å². The minimum atomic E-state index is -0.983. The molecule has 0 amide bonds. The summed E-state index contributed by atoms with van der Waals surface area (Å²) >= 11 is 0. The molecule has 0 aliphatic carbocycles. The second-order valence-electron chi connectivity index (χ2n) is 4.49. The molecule has 5 heteroatoms. The van der Waals surface area contributed by atoms with Gasteiger partial charge in [0.05, 0.1) is 0 Å². The summed E-state index contributed by atoms with van der Waals surface area (Å²) in [5.74, 6) is -0.456. The van der Waals surface area contributed by atoms with E-state index in [1.165, 1.54) is 0 Å². The van der Waals surface area contributed by atoms with Crippen molar-refractivity contribution in [2.75, 3.05) is 0 Å². The Bertz CT molecular complexity index is 540. The molecule has 0 spiro atoms. The molecular formula is C16H19NO4. The number of benzene rings is 2. The van der Waals surface area contributed by atoms with E-state index in [1.807, 2.05) is 6.07 Å². The number of aliphatic carboxylic acids is 1. The highest BCUT2D eigenvalue weighted by molar-refractivity contribution is 5.73. The number of carboxylic acid groups (broad SMARTS) is 1. The number of para-hydroxylation sites is 1. The molecule has 0 saturated heterocycles. The highest BCUT2D eigenvalue weighted by atomic mass is 16.4. The standard InChI is InChI=1S/C10H13NO3.C6H6O/c11-9(10(13)14)6-3-7-1-4-8(12)5-2-7;7-6-4-2-1-3-5-6/h1-2,4-5,9,12H,3,6,11H2,(H,13,14);1-5,7H/t9-;/m0./s1. The van der Waals surface area contributed by atoms with Crippen LogP contribution in [0.5, 0.6) is 11.5 Å². The first-order chi connectivity index (χ1) is 9.99. The van der Waals surface area contributed by atoms with E-state index in [-0.39, 0.29) is 5.75 Å². The molecule has 0 aliphatic heterocycles. The zero-order chi connectivity index (χ0) is 15.7. The maximum absolute atomic E-state index is 10.4. The molecule has 0 radical (unpaired) electrons. The minimum Gasteiger partial charge on any atom is -0.508 e. The quantitative estimate of drug-likeness (QED) is 0.690. The van der Waals surface area contributed by atoms with Gasteiger partial charge in [0.1, 0.15) is 17.5 Å². The van der Waals surface area contributed by atoms with Crippen LogP contribution in [0.25, 0.3) is 0 Å². The van der Waals surface area contributed by atoms with Crippen LogP contribution in [0.1, 0.15) is 12.0 Å². The maximum Gasteiger partial charge on any atom is 0.320 e. The number of rotatable bonds is 4. The Hall–Kier alpha value is -2.53. The van der Waals surface area contributed by atoms with Crippen LogP contribution in [0, 0.1) is 0 Å². The molecular weight excluding hydrogens is 270 g/mol. The zero-order valence-electron chi connectivity index (χ0n) is 11.5. The Balaban J connectivity index is 0.000000262. The summed E-state index contributed by atoms with van der Waals surface area (Å²) in [6, 6.07) is 14.5. The van der Waals surface area contributed by atoms with Gasteiger partial charge in [0.25, 0.3) is 0 Å². The highest BCUT2D eigenvalue weighted by Gasteiger charge is 2.10. The van der Waals surface area contributed by atoms with Crippen LogP contribution in [-0.4, -0.2) is 27.3 Å². The molecule has 112 valence electrons. The van der Waals surface area contributed by atoms with E-state index in [0.29, 0.717) is 18.6 Å². The van der Waals surface area contributed by atoms with Crippen molar-refractivity contribution in [1.29, 1.82) is 0 Å². The molecule has 0 saturated carbocycles. The fraction of sp³-hybridized carbons (Fsp3) is 0.188. The summed E-state index contributed by atoms with van der Waals surface area (Å²) < 4.78 is 0. The lowest BCUT2D eigenvalue weighted by molar-refractivity contribution is -0.138. The number of hydrogen-bond donors (Lipinski definition) is 4. The van der Waals surface area contributed by atoms with Crippen LogP contribution in [0.4, 0.5) is 0 Å². The average Bonchev–Trinajstić information content (AvgIpc) is 2.47. The number of aromatic hydroxyl groups is 2. The predicted molar refractivity (Wildman–Crippen MR) is 80.1 cm³/mol. The monoisotopic (exact) mass is 289 g/mol. The molecule has 2 rings (SSSR count). The molecule has 0 heterocycles. The van der Waals surface area contributed by atoms with Crippen LogP contribution in [0.3, 0.4) is 0 Å². The number of phenols is 2. The molecule has 0 bridgehead atoms. The number of phenolic OH excluding ortho intramolecular Hbond substituents is 2. The SMILES string of the molecule is N[C@@H](CCc1ccc(O)cc1)C(=O)O.Oc1ccccc1. The maximum atomic E-state index is 10.4. The van der Waals surface area contributed by atoms with E-state index >= 15 is 0 Å². The van der Waals surface area contributed by atoms with Crippen LogP contribution in [0.2, 0.25) is 0 Å². The van der Waals surface area contributed by atoms with Crippen LogP contribution >= 0.6 is 0 Å². The van der Waals surface area contributed by atoms with Crippen molar-refractivity contribution in [2.24, 2.45) is 5.73 Å². The summed E-state index contributed by atoms with van der Waals surface area (Å²) in [7, 11) is 0. The third-order valence-electron chi connectivity index (χ3n) is 2.75. The number of hydrogen-bond acceptors (Lipinski definition) is 4. The van der Waals surface area contributed by atoms with Gasteiger partial charge in [0, 0.05) is 0 Å². The summed E-state index contributed by atoms with van der Waals surface area (Å²) in [4.78, 5) is 10.4. The Morgan fingerprint density at radius 3 is 1.90 bits per heavy atom. The zero-order valence-corrected chi connectivity index (χ0v) is 11.5. The summed E-state index contributed by atoms with van der Waals surface area (Å²) in [6.45, 7) is 0. The molecule has 2 aromatic carbocycles. The van der Waals surface area contributed by atoms with Crippen molar-refractivity contribution in [3.8, 4) is 11.5 Å². The van der Waals surface area contributed by atoms with Gasteiger partial charge < -0.3 is 21.1 Å². The molecule has 1 atom stereocenters. The van der Waals surface area contributed by atoms with Gasteiger partial charge in [-0.25, -0.2) is 0 Å². The van der Waals surface area contributed by atoms with E-state index in [9.17, 15) is 4.79 Å². The number of carbonyl (C=O) groups is 1. The predicted octanol–water partition coefficient (Wildman–Crippen LogP) is 2.13. The lowest BCUT2D eigenvalue weighted by atomic mass is 10.1. The van der Waals surface area contributed by atoms with E-state index in [2.05, 4.69) is 0 Å². The lowest BCUT2D eigenvalue weighted by Crippen LogP contribution is -2.30. The highest BCUT2D eigenvalue weighted by Crippen LogP contribution is 2.11. The van der Waals surface area contributed by atoms with Gasteiger partial charge in [-0.1, -0.05) is 30.3 Å².